The number of fused-ring (bicyclic) bond motifs is 3. The van der Waals surface area contributed by atoms with Crippen LogP contribution in [0.2, 0.25) is 5.02 Å². The molecule has 7 nitrogen and oxygen atoms in total. The van der Waals surface area contributed by atoms with Crippen LogP contribution in [0.25, 0.3) is 21.9 Å². The Balaban J connectivity index is 1.73. The van der Waals surface area contributed by atoms with Crippen molar-refractivity contribution in [3.8, 4) is 0 Å². The van der Waals surface area contributed by atoms with Crippen LogP contribution in [0.5, 0.6) is 0 Å². The molecule has 2 N–H and O–H groups in total. The van der Waals surface area contributed by atoms with Crippen LogP contribution < -0.4 is 9.80 Å². The zero-order valence-electron chi connectivity index (χ0n) is 17.3. The molecule has 2 unspecified atom stereocenters. The standard InChI is InChI=1S/C21H22ClF2N5O2/c1-27(2)13-7-21(13)4-5-29(9-21)18-10(22)8-25-19-15(18)14-16(24)11(23)6-12(17(14)26-19)28(3)20(30)31/h6,8,13H,4-5,7,9H2,1-3H3,(H,25,26)(H,30,31). The Morgan fingerprint density at radius 1 is 1.35 bits per heavy atom. The number of hydrogen-bond donors (Lipinski definition) is 2. The zero-order chi connectivity index (χ0) is 22.2. The van der Waals surface area contributed by atoms with E-state index in [9.17, 15) is 14.3 Å². The third-order valence-corrected chi connectivity index (χ3v) is 7.10. The molecule has 1 spiro atoms. The van der Waals surface area contributed by atoms with Crippen molar-refractivity contribution < 1.29 is 18.7 Å². The molecule has 10 heteroatoms. The van der Waals surface area contributed by atoms with Crippen LogP contribution in [-0.4, -0.2) is 66.3 Å². The molecule has 2 aliphatic rings. The van der Waals surface area contributed by atoms with Gasteiger partial charge in [-0.05, 0) is 26.9 Å². The number of aromatic nitrogens is 2. The van der Waals surface area contributed by atoms with E-state index in [2.05, 4.69) is 33.9 Å². The molecular weight excluding hydrogens is 428 g/mol. The summed E-state index contributed by atoms with van der Waals surface area (Å²) in [6.45, 7) is 1.51. The number of benzene rings is 1. The summed E-state index contributed by atoms with van der Waals surface area (Å²) in [7, 11) is 5.41. The average Bonchev–Trinajstić information content (AvgIpc) is 3.06. The Bertz CT molecular complexity index is 1250. The molecule has 3 heterocycles. The highest BCUT2D eigenvalue weighted by molar-refractivity contribution is 6.36. The Hall–Kier alpha value is -2.65. The van der Waals surface area contributed by atoms with Crippen LogP contribution in [0.4, 0.5) is 25.0 Å². The van der Waals surface area contributed by atoms with Crippen molar-refractivity contribution in [3.63, 3.8) is 0 Å². The first kappa shape index (κ1) is 20.3. The number of nitrogens with one attached hydrogen (secondary N) is 1. The van der Waals surface area contributed by atoms with Crippen LogP contribution in [0.3, 0.4) is 0 Å². The van der Waals surface area contributed by atoms with E-state index < -0.39 is 17.7 Å². The first-order chi connectivity index (χ1) is 14.6. The number of aromatic amines is 1. The molecule has 2 aromatic heterocycles. The molecule has 164 valence electrons. The lowest BCUT2D eigenvalue weighted by Crippen LogP contribution is -2.26. The van der Waals surface area contributed by atoms with E-state index in [1.54, 1.807) is 0 Å². The highest BCUT2D eigenvalue weighted by Gasteiger charge is 2.58. The van der Waals surface area contributed by atoms with Crippen LogP contribution in [0.1, 0.15) is 12.8 Å². The van der Waals surface area contributed by atoms with Crippen LogP contribution >= 0.6 is 11.6 Å². The van der Waals surface area contributed by atoms with E-state index in [1.807, 2.05) is 0 Å². The molecule has 1 saturated carbocycles. The van der Waals surface area contributed by atoms with E-state index >= 15 is 4.39 Å². The van der Waals surface area contributed by atoms with E-state index in [1.165, 1.54) is 13.2 Å². The van der Waals surface area contributed by atoms with Gasteiger partial charge in [-0.1, -0.05) is 11.6 Å². The van der Waals surface area contributed by atoms with E-state index in [4.69, 9.17) is 11.6 Å². The largest absolute Gasteiger partial charge is 0.465 e. The minimum absolute atomic E-state index is 0.00855. The monoisotopic (exact) mass is 449 g/mol. The molecule has 1 aromatic carbocycles. The number of H-pyrrole nitrogens is 1. The van der Waals surface area contributed by atoms with Gasteiger partial charge in [-0.25, -0.2) is 18.6 Å². The van der Waals surface area contributed by atoms with E-state index in [0.29, 0.717) is 27.8 Å². The van der Waals surface area contributed by atoms with Gasteiger partial charge in [0.05, 0.1) is 38.9 Å². The number of amides is 1. The third-order valence-electron chi connectivity index (χ3n) is 6.82. The summed E-state index contributed by atoms with van der Waals surface area (Å²) in [5.41, 5.74) is 1.29. The van der Waals surface area contributed by atoms with Gasteiger partial charge in [-0.15, -0.1) is 0 Å². The van der Waals surface area contributed by atoms with Crippen LogP contribution in [0, 0.1) is 17.0 Å². The Morgan fingerprint density at radius 3 is 2.74 bits per heavy atom. The van der Waals surface area contributed by atoms with Gasteiger partial charge in [-0.3, -0.25) is 4.90 Å². The fourth-order valence-electron chi connectivity index (χ4n) is 5.16. The SMILES string of the molecule is CN(C(=O)O)c1cc(F)c(F)c2c1[nH]c1ncc(Cl)c(N3CCC4(CC4N(C)C)C3)c12. The smallest absolute Gasteiger partial charge is 0.411 e. The van der Waals surface area contributed by atoms with Gasteiger partial charge in [-0.2, -0.15) is 0 Å². The van der Waals surface area contributed by atoms with Crippen molar-refractivity contribution in [2.75, 3.05) is 44.0 Å². The summed E-state index contributed by atoms with van der Waals surface area (Å²) in [6.07, 6.45) is 2.28. The first-order valence-corrected chi connectivity index (χ1v) is 10.4. The third kappa shape index (κ3) is 2.86. The number of pyridine rings is 1. The molecule has 5 rings (SSSR count). The van der Waals surface area contributed by atoms with Gasteiger partial charge in [0.25, 0.3) is 0 Å². The van der Waals surface area contributed by atoms with Crippen molar-refractivity contribution in [1.82, 2.24) is 14.9 Å². The Morgan fingerprint density at radius 2 is 2.10 bits per heavy atom. The Labute approximate surface area is 182 Å². The molecule has 2 fully saturated rings. The second-order valence-corrected chi connectivity index (χ2v) is 9.21. The van der Waals surface area contributed by atoms with Crippen molar-refractivity contribution in [2.45, 2.75) is 18.9 Å². The van der Waals surface area contributed by atoms with E-state index in [-0.39, 0.29) is 22.0 Å². The molecule has 0 radical (unpaired) electrons. The summed E-state index contributed by atoms with van der Waals surface area (Å²) in [4.78, 5) is 24.0. The van der Waals surface area contributed by atoms with E-state index in [0.717, 1.165) is 36.9 Å². The maximum absolute atomic E-state index is 15.1. The molecule has 3 aromatic rings. The van der Waals surface area contributed by atoms with Gasteiger partial charge in [0.15, 0.2) is 11.6 Å². The quantitative estimate of drug-likeness (QED) is 0.623. The second kappa shape index (κ2) is 6.67. The molecule has 0 bridgehead atoms. The molecule has 31 heavy (non-hydrogen) atoms. The molecule has 1 aliphatic carbocycles. The lowest BCUT2D eigenvalue weighted by atomic mass is 10.1. The predicted molar refractivity (Wildman–Crippen MR) is 116 cm³/mol. The first-order valence-electron chi connectivity index (χ1n) is 10.0. The number of carboxylic acid groups (broad SMARTS) is 1. The number of rotatable bonds is 3. The lowest BCUT2D eigenvalue weighted by Gasteiger charge is -2.22. The predicted octanol–water partition coefficient (Wildman–Crippen LogP) is 4.29. The normalized spacial score (nSPS) is 22.9. The molecule has 1 amide bonds. The average molecular weight is 450 g/mol. The van der Waals surface area contributed by atoms with Crippen molar-refractivity contribution in [3.05, 3.63) is 28.9 Å². The summed E-state index contributed by atoms with van der Waals surface area (Å²) >= 11 is 6.55. The van der Waals surface area contributed by atoms with Crippen molar-refractivity contribution >= 4 is 51.0 Å². The van der Waals surface area contributed by atoms with Crippen LogP contribution in [0.15, 0.2) is 12.3 Å². The Kier molecular flexibility index (Phi) is 4.36. The topological polar surface area (TPSA) is 75.7 Å². The minimum atomic E-state index is -1.29. The van der Waals surface area contributed by atoms with Crippen molar-refractivity contribution in [1.29, 1.82) is 0 Å². The van der Waals surface area contributed by atoms with Gasteiger partial charge >= 0.3 is 6.09 Å². The molecule has 1 saturated heterocycles. The summed E-state index contributed by atoms with van der Waals surface area (Å²) < 4.78 is 29.6. The summed E-state index contributed by atoms with van der Waals surface area (Å²) in [6, 6.07) is 1.36. The molecular formula is C21H22ClF2N5O2. The number of anilines is 2. The number of halogens is 3. The van der Waals surface area contributed by atoms with Gasteiger partial charge in [0.2, 0.25) is 0 Å². The fraction of sp³-hybridized carbons (Fsp3) is 0.429. The number of nitrogens with zero attached hydrogens (tertiary/aromatic N) is 4. The number of hydrogen-bond acceptors (Lipinski definition) is 4. The highest BCUT2D eigenvalue weighted by Crippen LogP contribution is 2.57. The lowest BCUT2D eigenvalue weighted by molar-refractivity contribution is 0.203. The minimum Gasteiger partial charge on any atom is -0.465 e. The molecule has 1 aliphatic heterocycles. The number of carbonyl (C=O) groups is 1. The maximum Gasteiger partial charge on any atom is 0.411 e. The zero-order valence-corrected chi connectivity index (χ0v) is 18.1. The summed E-state index contributed by atoms with van der Waals surface area (Å²) in [5.74, 6) is -2.18. The van der Waals surface area contributed by atoms with Gasteiger partial charge in [0.1, 0.15) is 5.65 Å². The maximum atomic E-state index is 15.1. The highest BCUT2D eigenvalue weighted by atomic mass is 35.5. The van der Waals surface area contributed by atoms with Crippen molar-refractivity contribution in [2.24, 2.45) is 5.41 Å². The second-order valence-electron chi connectivity index (χ2n) is 8.80. The van der Waals surface area contributed by atoms with Gasteiger partial charge < -0.3 is 19.9 Å². The molecule has 2 atom stereocenters. The van der Waals surface area contributed by atoms with Crippen LogP contribution in [-0.2, 0) is 0 Å². The summed E-state index contributed by atoms with van der Waals surface area (Å²) in [5, 5.41) is 10.1. The fourth-order valence-corrected chi connectivity index (χ4v) is 5.42. The van der Waals surface area contributed by atoms with Gasteiger partial charge in [0, 0.05) is 37.7 Å².